The standard InChI is InChI=1S/C25H19N3O4/c1-27-21-13-17(9-11-23(21)32-15-25(27)31)22(29)14-28-24(30)12-10-20(26-28)19-8-4-6-16-5-2-3-7-18(16)19/h2-13H,14-15H2,1H3. The van der Waals surface area contributed by atoms with Crippen LogP contribution in [0.5, 0.6) is 5.75 Å². The van der Waals surface area contributed by atoms with Gasteiger partial charge in [0.1, 0.15) is 12.3 Å². The Labute approximate surface area is 183 Å². The summed E-state index contributed by atoms with van der Waals surface area (Å²) in [6.07, 6.45) is 0. The molecule has 4 aromatic rings. The van der Waals surface area contributed by atoms with E-state index in [0.717, 1.165) is 16.3 Å². The number of nitrogens with zero attached hydrogens (tertiary/aromatic N) is 3. The summed E-state index contributed by atoms with van der Waals surface area (Å²) in [6.45, 7) is -0.244. The minimum Gasteiger partial charge on any atom is -0.482 e. The molecular formula is C25H19N3O4. The average molecular weight is 425 g/mol. The molecule has 0 atom stereocenters. The number of ether oxygens (including phenoxy) is 1. The van der Waals surface area contributed by atoms with Crippen LogP contribution in [0.2, 0.25) is 0 Å². The second-order valence-electron chi connectivity index (χ2n) is 7.59. The van der Waals surface area contributed by atoms with Crippen molar-refractivity contribution in [2.45, 2.75) is 6.54 Å². The second kappa shape index (κ2) is 7.77. The number of anilines is 1. The molecule has 1 aromatic heterocycles. The smallest absolute Gasteiger partial charge is 0.267 e. The average Bonchev–Trinajstić information content (AvgIpc) is 2.82. The molecule has 1 aliphatic heterocycles. The first-order valence-electron chi connectivity index (χ1n) is 10.1. The van der Waals surface area contributed by atoms with Gasteiger partial charge in [-0.25, -0.2) is 4.68 Å². The summed E-state index contributed by atoms with van der Waals surface area (Å²) in [5.41, 5.74) is 2.03. The zero-order chi connectivity index (χ0) is 22.2. The minimum absolute atomic E-state index is 0.0307. The summed E-state index contributed by atoms with van der Waals surface area (Å²) in [5, 5.41) is 6.55. The molecule has 0 radical (unpaired) electrons. The van der Waals surface area contributed by atoms with Gasteiger partial charge in [0.05, 0.1) is 11.4 Å². The highest BCUT2D eigenvalue weighted by atomic mass is 16.5. The number of hydrogen-bond donors (Lipinski definition) is 0. The first-order valence-corrected chi connectivity index (χ1v) is 10.1. The monoisotopic (exact) mass is 425 g/mol. The predicted octanol–water partition coefficient (Wildman–Crippen LogP) is 3.30. The minimum atomic E-state index is -0.365. The van der Waals surface area contributed by atoms with Crippen LogP contribution in [-0.4, -0.2) is 35.1 Å². The molecule has 1 amide bonds. The summed E-state index contributed by atoms with van der Waals surface area (Å²) in [4.78, 5) is 38.8. The molecule has 0 saturated heterocycles. The van der Waals surface area contributed by atoms with Crippen molar-refractivity contribution in [2.24, 2.45) is 0 Å². The van der Waals surface area contributed by atoms with Gasteiger partial charge in [0.25, 0.3) is 11.5 Å². The zero-order valence-electron chi connectivity index (χ0n) is 17.3. The van der Waals surface area contributed by atoms with Crippen LogP contribution < -0.4 is 15.2 Å². The van der Waals surface area contributed by atoms with Crippen LogP contribution in [0.1, 0.15) is 10.4 Å². The lowest BCUT2D eigenvalue weighted by atomic mass is 10.0. The van der Waals surface area contributed by atoms with E-state index in [9.17, 15) is 14.4 Å². The third-order valence-corrected chi connectivity index (χ3v) is 5.59. The van der Waals surface area contributed by atoms with Crippen molar-refractivity contribution in [3.63, 3.8) is 0 Å². The van der Waals surface area contributed by atoms with E-state index in [2.05, 4.69) is 5.10 Å². The molecule has 0 spiro atoms. The molecule has 32 heavy (non-hydrogen) atoms. The first-order chi connectivity index (χ1) is 15.5. The quantitative estimate of drug-likeness (QED) is 0.469. The Balaban J connectivity index is 1.48. The second-order valence-corrected chi connectivity index (χ2v) is 7.59. The molecule has 0 fully saturated rings. The number of amides is 1. The van der Waals surface area contributed by atoms with Crippen LogP contribution >= 0.6 is 0 Å². The van der Waals surface area contributed by atoms with E-state index in [0.29, 0.717) is 22.7 Å². The number of aromatic nitrogens is 2. The fourth-order valence-corrected chi connectivity index (χ4v) is 3.83. The van der Waals surface area contributed by atoms with Crippen molar-refractivity contribution in [3.05, 3.63) is 88.7 Å². The zero-order valence-corrected chi connectivity index (χ0v) is 17.3. The van der Waals surface area contributed by atoms with Crippen molar-refractivity contribution in [2.75, 3.05) is 18.6 Å². The Morgan fingerprint density at radius 1 is 1.00 bits per heavy atom. The van der Waals surface area contributed by atoms with Crippen molar-refractivity contribution < 1.29 is 14.3 Å². The maximum Gasteiger partial charge on any atom is 0.267 e. The van der Waals surface area contributed by atoms with Crippen LogP contribution in [-0.2, 0) is 11.3 Å². The van der Waals surface area contributed by atoms with Gasteiger partial charge in [-0.05, 0) is 35.0 Å². The number of fused-ring (bicyclic) bond motifs is 2. The van der Waals surface area contributed by atoms with Crippen LogP contribution in [0, 0.1) is 0 Å². The summed E-state index contributed by atoms with van der Waals surface area (Å²) in [5.74, 6) is 0.0589. The van der Waals surface area contributed by atoms with Gasteiger partial charge in [-0.3, -0.25) is 14.4 Å². The van der Waals surface area contributed by atoms with E-state index in [1.54, 1.807) is 31.3 Å². The highest BCUT2D eigenvalue weighted by molar-refractivity contribution is 6.01. The van der Waals surface area contributed by atoms with E-state index in [1.165, 1.54) is 15.6 Å². The van der Waals surface area contributed by atoms with E-state index >= 15 is 0 Å². The van der Waals surface area contributed by atoms with E-state index < -0.39 is 0 Å². The largest absolute Gasteiger partial charge is 0.482 e. The van der Waals surface area contributed by atoms with Crippen molar-refractivity contribution in [1.82, 2.24) is 9.78 Å². The van der Waals surface area contributed by atoms with Gasteiger partial charge < -0.3 is 9.64 Å². The normalized spacial score (nSPS) is 13.0. The highest BCUT2D eigenvalue weighted by Gasteiger charge is 2.23. The molecule has 1 aliphatic rings. The number of carbonyl (C=O) groups excluding carboxylic acids is 2. The summed E-state index contributed by atoms with van der Waals surface area (Å²) >= 11 is 0. The van der Waals surface area contributed by atoms with Crippen molar-refractivity contribution in [1.29, 1.82) is 0 Å². The van der Waals surface area contributed by atoms with Gasteiger partial charge in [0.15, 0.2) is 12.4 Å². The first kappa shape index (κ1) is 19.7. The molecule has 2 heterocycles. The summed E-state index contributed by atoms with van der Waals surface area (Å²) in [6, 6.07) is 21.8. The highest BCUT2D eigenvalue weighted by Crippen LogP contribution is 2.32. The van der Waals surface area contributed by atoms with E-state index in [-0.39, 0.29) is 30.4 Å². The molecular weight excluding hydrogens is 406 g/mol. The third-order valence-electron chi connectivity index (χ3n) is 5.59. The summed E-state index contributed by atoms with van der Waals surface area (Å²) < 4.78 is 6.58. The summed E-state index contributed by atoms with van der Waals surface area (Å²) in [7, 11) is 1.64. The fraction of sp³-hybridized carbons (Fsp3) is 0.120. The van der Waals surface area contributed by atoms with Crippen LogP contribution in [0.4, 0.5) is 5.69 Å². The van der Waals surface area contributed by atoms with Crippen LogP contribution in [0.25, 0.3) is 22.0 Å². The lowest BCUT2D eigenvalue weighted by molar-refractivity contribution is -0.120. The Morgan fingerprint density at radius 2 is 1.81 bits per heavy atom. The molecule has 0 saturated carbocycles. The van der Waals surface area contributed by atoms with Crippen LogP contribution in [0.3, 0.4) is 0 Å². The molecule has 5 rings (SSSR count). The number of likely N-dealkylation sites (N-methyl/N-ethyl adjacent to an activating group) is 1. The number of Topliss-reactive ketones (excluding diaryl/α,β-unsaturated/α-hetero) is 1. The van der Waals surface area contributed by atoms with Gasteiger partial charge in [-0.1, -0.05) is 42.5 Å². The number of hydrogen-bond acceptors (Lipinski definition) is 5. The number of benzene rings is 3. The molecule has 7 heteroatoms. The SMILES string of the molecule is CN1C(=O)COc2ccc(C(=O)Cn3nc(-c4cccc5ccccc45)ccc3=O)cc21. The Kier molecular flexibility index (Phi) is 4.78. The van der Waals surface area contributed by atoms with Gasteiger partial charge in [0.2, 0.25) is 0 Å². The molecule has 0 N–H and O–H groups in total. The fourth-order valence-electron chi connectivity index (χ4n) is 3.83. The number of carbonyl (C=O) groups is 2. The topological polar surface area (TPSA) is 81.5 Å². The molecule has 0 bridgehead atoms. The maximum absolute atomic E-state index is 13.0. The Bertz CT molecular complexity index is 1440. The lowest BCUT2D eigenvalue weighted by Crippen LogP contribution is -2.35. The molecule has 0 unspecified atom stereocenters. The Morgan fingerprint density at radius 3 is 2.69 bits per heavy atom. The Hall–Kier alpha value is -4.26. The third kappa shape index (κ3) is 3.43. The maximum atomic E-state index is 13.0. The van der Waals surface area contributed by atoms with Gasteiger partial charge in [-0.15, -0.1) is 0 Å². The molecule has 0 aliphatic carbocycles. The number of rotatable bonds is 4. The van der Waals surface area contributed by atoms with Crippen LogP contribution in [0.15, 0.2) is 77.6 Å². The van der Waals surface area contributed by atoms with Crippen molar-refractivity contribution >= 4 is 28.2 Å². The van der Waals surface area contributed by atoms with E-state index in [4.69, 9.17) is 4.74 Å². The molecule has 7 nitrogen and oxygen atoms in total. The predicted molar refractivity (Wildman–Crippen MR) is 121 cm³/mol. The molecule has 3 aromatic carbocycles. The van der Waals surface area contributed by atoms with Gasteiger partial charge in [-0.2, -0.15) is 5.10 Å². The van der Waals surface area contributed by atoms with Crippen molar-refractivity contribution in [3.8, 4) is 17.0 Å². The van der Waals surface area contributed by atoms with Gasteiger partial charge in [0, 0.05) is 24.2 Å². The van der Waals surface area contributed by atoms with Gasteiger partial charge >= 0.3 is 0 Å². The molecule has 158 valence electrons. The number of ketones is 1. The lowest BCUT2D eigenvalue weighted by Gasteiger charge is -2.26. The van der Waals surface area contributed by atoms with E-state index in [1.807, 2.05) is 42.5 Å².